The summed E-state index contributed by atoms with van der Waals surface area (Å²) in [5.41, 5.74) is 0. The summed E-state index contributed by atoms with van der Waals surface area (Å²) in [7, 11) is 1.98. The van der Waals surface area contributed by atoms with E-state index < -0.39 is 0 Å². The molecule has 3 nitrogen and oxygen atoms in total. The second kappa shape index (κ2) is 4.03. The largest absolute Gasteiger partial charge is 0.396 e. The summed E-state index contributed by atoms with van der Waals surface area (Å²) in [6.07, 6.45) is 8.78. The number of aromatic nitrogens is 2. The van der Waals surface area contributed by atoms with Gasteiger partial charge in [0.2, 0.25) is 24.8 Å². The second-order valence-corrected chi connectivity index (χ2v) is 2.58. The van der Waals surface area contributed by atoms with Crippen molar-refractivity contribution in [3.63, 3.8) is 0 Å². The second-order valence-electron chi connectivity index (χ2n) is 2.58. The van der Waals surface area contributed by atoms with E-state index >= 15 is 0 Å². The monoisotopic (exact) mass is 154 g/mol. The van der Waals surface area contributed by atoms with Gasteiger partial charge in [0.25, 0.3) is 0 Å². The lowest BCUT2D eigenvalue weighted by atomic mass is 10.4. The van der Waals surface area contributed by atoms with Gasteiger partial charge in [0.15, 0.2) is 6.54 Å². The van der Waals surface area contributed by atoms with Crippen molar-refractivity contribution >= 4 is 0 Å². The maximum Gasteiger partial charge on any atom is 0.233 e. The van der Waals surface area contributed by atoms with Crippen LogP contribution in [0.2, 0.25) is 0 Å². The van der Waals surface area contributed by atoms with Gasteiger partial charge < -0.3 is 5.11 Å². The van der Waals surface area contributed by atoms with Crippen LogP contribution in [0.15, 0.2) is 24.8 Å². The van der Waals surface area contributed by atoms with Gasteiger partial charge in [-0.2, -0.15) is 9.13 Å². The lowest BCUT2D eigenvalue weighted by Gasteiger charge is -1.91. The van der Waals surface area contributed by atoms with Crippen molar-refractivity contribution in [2.45, 2.75) is 13.0 Å². The third-order valence-corrected chi connectivity index (χ3v) is 1.56. The molecule has 0 saturated carbocycles. The smallest absolute Gasteiger partial charge is 0.233 e. The fourth-order valence-corrected chi connectivity index (χ4v) is 0.883. The van der Waals surface area contributed by atoms with E-state index in [2.05, 4.69) is 4.57 Å². The third kappa shape index (κ3) is 2.63. The molecule has 0 aliphatic carbocycles. The minimum Gasteiger partial charge on any atom is -0.396 e. The lowest BCUT2D eigenvalue weighted by Crippen LogP contribution is -2.39. The molecule has 0 radical (unpaired) electrons. The predicted octanol–water partition coefficient (Wildman–Crippen LogP) is -0.819. The first-order valence-electron chi connectivity index (χ1n) is 3.78. The summed E-state index contributed by atoms with van der Waals surface area (Å²) in [6.45, 7) is 1.14. The van der Waals surface area contributed by atoms with Crippen molar-refractivity contribution < 1.29 is 14.2 Å². The van der Waals surface area contributed by atoms with Gasteiger partial charge in [-0.05, 0) is 0 Å². The summed E-state index contributed by atoms with van der Waals surface area (Å²) in [5, 5.41) is 8.56. The fraction of sp³-hybridized carbons (Fsp3) is 0.500. The van der Waals surface area contributed by atoms with Gasteiger partial charge >= 0.3 is 0 Å². The molecule has 1 aromatic rings. The Labute approximate surface area is 66.5 Å². The maximum absolute atomic E-state index is 8.56. The van der Waals surface area contributed by atoms with Crippen molar-refractivity contribution in [1.82, 2.24) is 0 Å². The Hall–Kier alpha value is -0.960. The predicted molar refractivity (Wildman–Crippen MR) is 39.5 cm³/mol. The van der Waals surface area contributed by atoms with Crippen LogP contribution in [0.3, 0.4) is 0 Å². The van der Waals surface area contributed by atoms with Crippen LogP contribution in [0.1, 0.15) is 6.42 Å². The molecular weight excluding hydrogens is 140 g/mol. The van der Waals surface area contributed by atoms with Crippen LogP contribution in [0.4, 0.5) is 0 Å². The summed E-state index contributed by atoms with van der Waals surface area (Å²) in [5.74, 6) is 0. The van der Waals surface area contributed by atoms with E-state index in [1.807, 2.05) is 36.4 Å². The normalized spacial score (nSPS) is 10.0. The first-order chi connectivity index (χ1) is 5.33. The van der Waals surface area contributed by atoms with Crippen molar-refractivity contribution in [2.75, 3.05) is 6.61 Å². The van der Waals surface area contributed by atoms with Crippen molar-refractivity contribution in [3.05, 3.63) is 24.8 Å². The van der Waals surface area contributed by atoms with Crippen molar-refractivity contribution in [1.29, 1.82) is 0 Å². The molecule has 0 fully saturated rings. The maximum atomic E-state index is 8.56. The van der Waals surface area contributed by atoms with Gasteiger partial charge in [0, 0.05) is 13.0 Å². The van der Waals surface area contributed by atoms with E-state index in [4.69, 9.17) is 5.11 Å². The highest BCUT2D eigenvalue weighted by molar-refractivity contribution is 4.52. The summed E-state index contributed by atoms with van der Waals surface area (Å²) < 4.78 is 4.03. The van der Waals surface area contributed by atoms with E-state index in [1.165, 1.54) is 0 Å². The molecular formula is C8H14N2O+2. The molecule has 60 valence electrons. The first kappa shape index (κ1) is 8.14. The molecule has 1 N–H and O–H groups in total. The zero-order valence-corrected chi connectivity index (χ0v) is 6.77. The molecule has 11 heavy (non-hydrogen) atoms. The van der Waals surface area contributed by atoms with Crippen LogP contribution in [0.5, 0.6) is 0 Å². The summed E-state index contributed by atoms with van der Waals surface area (Å²) >= 11 is 0. The molecule has 0 aromatic carbocycles. The van der Waals surface area contributed by atoms with Crippen LogP contribution in [0, 0.1) is 0 Å². The molecule has 0 atom stereocenters. The molecule has 0 aliphatic heterocycles. The third-order valence-electron chi connectivity index (χ3n) is 1.56. The number of aliphatic hydroxyl groups is 1. The Morgan fingerprint density at radius 3 is 2.36 bits per heavy atom. The Balaban J connectivity index is 2.52. The number of hydrogen-bond donors (Lipinski definition) is 1. The molecule has 1 rings (SSSR count). The van der Waals surface area contributed by atoms with Crippen LogP contribution >= 0.6 is 0 Å². The molecule has 0 bridgehead atoms. The standard InChI is InChI=1S/C8H14N2O/c1-9-4-6-10(7-5-9)3-2-8-11/h4-7,11H,2-3,8H2,1H3/q+2. The fourth-order valence-electron chi connectivity index (χ4n) is 0.883. The van der Waals surface area contributed by atoms with Crippen LogP contribution in [0.25, 0.3) is 0 Å². The molecule has 0 amide bonds. The van der Waals surface area contributed by atoms with E-state index in [1.54, 1.807) is 0 Å². The minimum atomic E-state index is 0.258. The average molecular weight is 154 g/mol. The molecule has 3 heteroatoms. The number of hydrogen-bond acceptors (Lipinski definition) is 1. The number of aryl methyl sites for hydroxylation is 2. The summed E-state index contributed by atoms with van der Waals surface area (Å²) in [6, 6.07) is 0. The van der Waals surface area contributed by atoms with E-state index in [-0.39, 0.29) is 6.61 Å². The quantitative estimate of drug-likeness (QED) is 0.566. The Morgan fingerprint density at radius 2 is 1.82 bits per heavy atom. The van der Waals surface area contributed by atoms with Crippen LogP contribution in [-0.4, -0.2) is 11.7 Å². The molecule has 0 spiro atoms. The van der Waals surface area contributed by atoms with E-state index in [0.29, 0.717) is 0 Å². The van der Waals surface area contributed by atoms with Gasteiger partial charge in [-0.25, -0.2) is 0 Å². The highest BCUT2D eigenvalue weighted by Gasteiger charge is 2.00. The van der Waals surface area contributed by atoms with Gasteiger partial charge in [0.1, 0.15) is 7.05 Å². The van der Waals surface area contributed by atoms with Gasteiger partial charge in [-0.3, -0.25) is 0 Å². The van der Waals surface area contributed by atoms with Gasteiger partial charge in [0.05, 0.1) is 0 Å². The van der Waals surface area contributed by atoms with E-state index in [9.17, 15) is 0 Å². The Morgan fingerprint density at radius 1 is 1.18 bits per heavy atom. The number of nitrogens with zero attached hydrogens (tertiary/aromatic N) is 2. The number of rotatable bonds is 3. The Kier molecular flexibility index (Phi) is 2.98. The SMILES string of the molecule is C[n+]1cc[n+](CCCO)cc1. The average Bonchev–Trinajstić information content (AvgIpc) is 2.04. The highest BCUT2D eigenvalue weighted by atomic mass is 16.3. The van der Waals surface area contributed by atoms with Crippen molar-refractivity contribution in [3.8, 4) is 0 Å². The summed E-state index contributed by atoms with van der Waals surface area (Å²) in [4.78, 5) is 0. The topological polar surface area (TPSA) is 28.0 Å². The zero-order valence-electron chi connectivity index (χ0n) is 6.77. The van der Waals surface area contributed by atoms with Crippen LogP contribution in [-0.2, 0) is 13.6 Å². The number of aliphatic hydroxyl groups excluding tert-OH is 1. The molecule has 0 aliphatic rings. The van der Waals surface area contributed by atoms with E-state index in [0.717, 1.165) is 13.0 Å². The molecule has 1 aromatic heterocycles. The van der Waals surface area contributed by atoms with Crippen LogP contribution < -0.4 is 9.13 Å². The Bertz CT molecular complexity index is 208. The zero-order chi connectivity index (χ0) is 8.10. The molecule has 0 unspecified atom stereocenters. The van der Waals surface area contributed by atoms with Crippen molar-refractivity contribution in [2.24, 2.45) is 7.05 Å². The molecule has 0 saturated heterocycles. The highest BCUT2D eigenvalue weighted by Crippen LogP contribution is 1.75. The van der Waals surface area contributed by atoms with Gasteiger partial charge in [-0.15, -0.1) is 0 Å². The molecule has 1 heterocycles. The van der Waals surface area contributed by atoms with Gasteiger partial charge in [-0.1, -0.05) is 0 Å². The lowest BCUT2D eigenvalue weighted by molar-refractivity contribution is -0.740. The first-order valence-corrected chi connectivity index (χ1v) is 3.78. The minimum absolute atomic E-state index is 0.258.